The molecule has 2 aromatic heterocycles. The molecule has 4 nitrogen and oxygen atoms in total. The zero-order valence-corrected chi connectivity index (χ0v) is 12.5. The molecule has 21 heavy (non-hydrogen) atoms. The second kappa shape index (κ2) is 4.56. The van der Waals surface area contributed by atoms with Crippen LogP contribution in [-0.2, 0) is 0 Å². The Hall–Kier alpha value is -2.40. The van der Waals surface area contributed by atoms with Crippen LogP contribution >= 0.6 is 15.9 Å². The molecule has 0 unspecified atom stereocenters. The Balaban J connectivity index is 2.03. The fourth-order valence-corrected chi connectivity index (χ4v) is 2.88. The number of nitrogen functional groups attached to an aromatic ring is 1. The van der Waals surface area contributed by atoms with Crippen molar-refractivity contribution in [2.45, 2.75) is 0 Å². The van der Waals surface area contributed by atoms with Crippen LogP contribution in [0, 0.1) is 0 Å². The van der Waals surface area contributed by atoms with Gasteiger partial charge in [0.25, 0.3) is 0 Å². The topological polar surface area (TPSA) is 64.9 Å². The van der Waals surface area contributed by atoms with Crippen molar-refractivity contribution in [3.05, 3.63) is 53.1 Å². The predicted octanol–water partition coefficient (Wildman–Crippen LogP) is 4.39. The number of benzene rings is 2. The second-order valence-electron chi connectivity index (χ2n) is 4.74. The van der Waals surface area contributed by atoms with Gasteiger partial charge in [-0.3, -0.25) is 4.98 Å². The second-order valence-corrected chi connectivity index (χ2v) is 5.66. The van der Waals surface area contributed by atoms with Crippen LogP contribution < -0.4 is 5.73 Å². The molecule has 0 radical (unpaired) electrons. The van der Waals surface area contributed by atoms with Crippen LogP contribution in [0.4, 0.5) is 5.69 Å². The molecule has 2 N–H and O–H groups in total. The summed E-state index contributed by atoms with van der Waals surface area (Å²) in [7, 11) is 0. The molecular formula is C16H10BrN3O. The molecule has 0 fully saturated rings. The third-order valence-electron chi connectivity index (χ3n) is 3.36. The van der Waals surface area contributed by atoms with Crippen LogP contribution in [-0.4, -0.2) is 9.97 Å². The molecule has 0 saturated carbocycles. The standard InChI is InChI=1S/C16H10BrN3O/c17-10-7-12(18)15-13(8-10)20-16(21-15)14-11-4-2-1-3-9(11)5-6-19-14/h1-8H,18H2. The Kier molecular flexibility index (Phi) is 2.68. The van der Waals surface area contributed by atoms with Gasteiger partial charge in [-0.2, -0.15) is 0 Å². The third-order valence-corrected chi connectivity index (χ3v) is 3.82. The van der Waals surface area contributed by atoms with E-state index in [4.69, 9.17) is 10.2 Å². The van der Waals surface area contributed by atoms with Crippen LogP contribution in [0.5, 0.6) is 0 Å². The summed E-state index contributed by atoms with van der Waals surface area (Å²) in [5.41, 5.74) is 8.55. The molecule has 2 heterocycles. The molecule has 102 valence electrons. The lowest BCUT2D eigenvalue weighted by molar-refractivity contribution is 0.619. The highest BCUT2D eigenvalue weighted by Crippen LogP contribution is 2.32. The number of hydrogen-bond donors (Lipinski definition) is 1. The first-order valence-electron chi connectivity index (χ1n) is 6.42. The van der Waals surface area contributed by atoms with Crippen molar-refractivity contribution >= 4 is 43.5 Å². The van der Waals surface area contributed by atoms with Crippen LogP contribution in [0.1, 0.15) is 0 Å². The minimum atomic E-state index is 0.478. The minimum Gasteiger partial charge on any atom is -0.432 e. The van der Waals surface area contributed by atoms with Crippen LogP contribution in [0.3, 0.4) is 0 Å². The number of nitrogens with two attached hydrogens (primary N) is 1. The molecule has 0 amide bonds. The maximum atomic E-state index is 5.98. The van der Waals surface area contributed by atoms with Gasteiger partial charge >= 0.3 is 0 Å². The van der Waals surface area contributed by atoms with Gasteiger partial charge in [-0.1, -0.05) is 40.2 Å². The van der Waals surface area contributed by atoms with Gasteiger partial charge in [-0.15, -0.1) is 0 Å². The molecule has 4 rings (SSSR count). The lowest BCUT2D eigenvalue weighted by atomic mass is 10.1. The van der Waals surface area contributed by atoms with Gasteiger partial charge in [0.1, 0.15) is 11.2 Å². The zero-order valence-electron chi connectivity index (χ0n) is 10.9. The SMILES string of the molecule is Nc1cc(Br)cc2nc(-c3nccc4ccccc34)oc12. The van der Waals surface area contributed by atoms with E-state index in [0.29, 0.717) is 22.7 Å². The average Bonchev–Trinajstić information content (AvgIpc) is 2.90. The normalized spacial score (nSPS) is 11.3. The van der Waals surface area contributed by atoms with Gasteiger partial charge in [0.05, 0.1) is 5.69 Å². The number of fused-ring (bicyclic) bond motifs is 2. The molecule has 0 aliphatic rings. The van der Waals surface area contributed by atoms with Crippen molar-refractivity contribution < 1.29 is 4.42 Å². The van der Waals surface area contributed by atoms with E-state index in [2.05, 4.69) is 25.9 Å². The van der Waals surface area contributed by atoms with Gasteiger partial charge in [-0.05, 0) is 23.6 Å². The van der Waals surface area contributed by atoms with Crippen molar-refractivity contribution in [3.8, 4) is 11.6 Å². The summed E-state index contributed by atoms with van der Waals surface area (Å²) in [5, 5.41) is 2.10. The van der Waals surface area contributed by atoms with E-state index in [9.17, 15) is 0 Å². The molecule has 0 saturated heterocycles. The van der Waals surface area contributed by atoms with Crippen LogP contribution in [0.15, 0.2) is 57.6 Å². The maximum absolute atomic E-state index is 5.98. The Morgan fingerprint density at radius 2 is 1.95 bits per heavy atom. The summed E-state index contributed by atoms with van der Waals surface area (Å²) in [6.45, 7) is 0. The van der Waals surface area contributed by atoms with Crippen molar-refractivity contribution in [1.82, 2.24) is 9.97 Å². The highest BCUT2D eigenvalue weighted by molar-refractivity contribution is 9.10. The summed E-state index contributed by atoms with van der Waals surface area (Å²) < 4.78 is 6.70. The summed E-state index contributed by atoms with van der Waals surface area (Å²) in [4.78, 5) is 8.93. The van der Waals surface area contributed by atoms with Gasteiger partial charge in [-0.25, -0.2) is 4.98 Å². The van der Waals surface area contributed by atoms with Crippen molar-refractivity contribution in [1.29, 1.82) is 0 Å². The Bertz CT molecular complexity index is 973. The number of rotatable bonds is 1. The maximum Gasteiger partial charge on any atom is 0.246 e. The Morgan fingerprint density at radius 1 is 1.10 bits per heavy atom. The lowest BCUT2D eigenvalue weighted by Crippen LogP contribution is -1.85. The predicted molar refractivity (Wildman–Crippen MR) is 86.9 cm³/mol. The molecule has 0 bridgehead atoms. The first kappa shape index (κ1) is 12.3. The smallest absolute Gasteiger partial charge is 0.246 e. The molecule has 2 aromatic carbocycles. The van der Waals surface area contributed by atoms with E-state index >= 15 is 0 Å². The fraction of sp³-hybridized carbons (Fsp3) is 0. The monoisotopic (exact) mass is 339 g/mol. The number of anilines is 1. The average molecular weight is 340 g/mol. The van der Waals surface area contributed by atoms with Gasteiger partial charge < -0.3 is 10.2 Å². The van der Waals surface area contributed by atoms with Crippen molar-refractivity contribution in [2.24, 2.45) is 0 Å². The molecular weight excluding hydrogens is 330 g/mol. The number of pyridine rings is 1. The van der Waals surface area contributed by atoms with Crippen molar-refractivity contribution in [2.75, 3.05) is 5.73 Å². The molecule has 0 aliphatic heterocycles. The number of halogens is 1. The number of aromatic nitrogens is 2. The first-order valence-corrected chi connectivity index (χ1v) is 7.21. The lowest BCUT2D eigenvalue weighted by Gasteiger charge is -2.01. The number of oxazole rings is 1. The van der Waals surface area contributed by atoms with E-state index in [-0.39, 0.29) is 0 Å². The van der Waals surface area contributed by atoms with E-state index in [1.54, 1.807) is 12.3 Å². The molecule has 0 spiro atoms. The minimum absolute atomic E-state index is 0.478. The highest BCUT2D eigenvalue weighted by Gasteiger charge is 2.14. The van der Waals surface area contributed by atoms with E-state index in [1.165, 1.54) is 0 Å². The van der Waals surface area contributed by atoms with Gasteiger partial charge in [0.2, 0.25) is 5.89 Å². The van der Waals surface area contributed by atoms with Crippen LogP contribution in [0.25, 0.3) is 33.5 Å². The Morgan fingerprint density at radius 3 is 2.86 bits per heavy atom. The summed E-state index contributed by atoms with van der Waals surface area (Å²) in [5.74, 6) is 0.478. The molecule has 5 heteroatoms. The summed E-state index contributed by atoms with van der Waals surface area (Å²) in [6.07, 6.45) is 1.76. The van der Waals surface area contributed by atoms with Gasteiger partial charge in [0, 0.05) is 16.1 Å². The van der Waals surface area contributed by atoms with Crippen LogP contribution in [0.2, 0.25) is 0 Å². The molecule has 0 aliphatic carbocycles. The number of nitrogens with zero attached hydrogens (tertiary/aromatic N) is 2. The first-order chi connectivity index (χ1) is 10.2. The van der Waals surface area contributed by atoms with E-state index in [1.807, 2.05) is 36.4 Å². The molecule has 4 aromatic rings. The third kappa shape index (κ3) is 1.97. The Labute approximate surface area is 128 Å². The quantitative estimate of drug-likeness (QED) is 0.522. The summed E-state index contributed by atoms with van der Waals surface area (Å²) in [6, 6.07) is 13.7. The number of hydrogen-bond acceptors (Lipinski definition) is 4. The summed E-state index contributed by atoms with van der Waals surface area (Å²) >= 11 is 3.41. The van der Waals surface area contributed by atoms with Gasteiger partial charge in [0.15, 0.2) is 5.58 Å². The molecule has 0 atom stereocenters. The largest absolute Gasteiger partial charge is 0.432 e. The van der Waals surface area contributed by atoms with E-state index in [0.717, 1.165) is 20.9 Å². The van der Waals surface area contributed by atoms with E-state index < -0.39 is 0 Å². The fourth-order valence-electron chi connectivity index (χ4n) is 2.41. The van der Waals surface area contributed by atoms with Crippen molar-refractivity contribution in [3.63, 3.8) is 0 Å². The highest BCUT2D eigenvalue weighted by atomic mass is 79.9. The zero-order chi connectivity index (χ0) is 14.4.